The quantitative estimate of drug-likeness (QED) is 0.880. The average molecular weight is 233 g/mol. The van der Waals surface area contributed by atoms with Gasteiger partial charge in [0.1, 0.15) is 5.82 Å². The topological polar surface area (TPSA) is 29.9 Å². The summed E-state index contributed by atoms with van der Waals surface area (Å²) < 4.78 is 15.2. The van der Waals surface area contributed by atoms with E-state index in [1.165, 1.54) is 6.07 Å². The Kier molecular flexibility index (Phi) is 3.54. The summed E-state index contributed by atoms with van der Waals surface area (Å²) in [4.78, 5) is 4.02. The summed E-state index contributed by atoms with van der Waals surface area (Å²) in [7, 11) is 0. The third-order valence-electron chi connectivity index (χ3n) is 2.75. The van der Waals surface area contributed by atoms with Crippen LogP contribution in [-0.4, -0.2) is 16.1 Å². The summed E-state index contributed by atoms with van der Waals surface area (Å²) in [5, 5.41) is 3.29. The third kappa shape index (κ3) is 2.53. The molecule has 2 rings (SSSR count). The van der Waals surface area contributed by atoms with E-state index in [0.717, 1.165) is 17.8 Å². The Balaban J connectivity index is 2.44. The van der Waals surface area contributed by atoms with E-state index in [1.54, 1.807) is 24.7 Å². The summed E-state index contributed by atoms with van der Waals surface area (Å²) in [6, 6.07) is 4.92. The van der Waals surface area contributed by atoms with Crippen LogP contribution in [0, 0.1) is 5.82 Å². The Hall–Kier alpha value is -1.68. The average Bonchev–Trinajstić information content (AvgIpc) is 2.82. The molecule has 1 aromatic carbocycles. The van der Waals surface area contributed by atoms with Crippen molar-refractivity contribution in [2.75, 3.05) is 6.54 Å². The van der Waals surface area contributed by atoms with E-state index in [1.807, 2.05) is 24.6 Å². The van der Waals surface area contributed by atoms with Crippen molar-refractivity contribution in [2.24, 2.45) is 0 Å². The van der Waals surface area contributed by atoms with E-state index < -0.39 is 0 Å². The molecule has 1 atom stereocenters. The van der Waals surface area contributed by atoms with Gasteiger partial charge < -0.3 is 9.88 Å². The fourth-order valence-electron chi connectivity index (χ4n) is 1.93. The Morgan fingerprint density at radius 3 is 2.94 bits per heavy atom. The van der Waals surface area contributed by atoms with Crippen molar-refractivity contribution in [2.45, 2.75) is 19.9 Å². The molecule has 0 aliphatic heterocycles. The number of benzene rings is 1. The zero-order valence-corrected chi connectivity index (χ0v) is 10.0. The molecule has 0 radical (unpaired) electrons. The van der Waals surface area contributed by atoms with Crippen LogP contribution in [0.5, 0.6) is 0 Å². The van der Waals surface area contributed by atoms with E-state index in [-0.39, 0.29) is 11.9 Å². The second-order valence-corrected chi connectivity index (χ2v) is 3.95. The van der Waals surface area contributed by atoms with Crippen LogP contribution in [0.1, 0.15) is 25.5 Å². The molecule has 0 aliphatic carbocycles. The summed E-state index contributed by atoms with van der Waals surface area (Å²) >= 11 is 0. The molecule has 2 aromatic rings. The molecule has 0 fully saturated rings. The van der Waals surface area contributed by atoms with Gasteiger partial charge in [0.15, 0.2) is 0 Å². The number of nitrogens with zero attached hydrogens (tertiary/aromatic N) is 2. The van der Waals surface area contributed by atoms with Crippen molar-refractivity contribution in [1.82, 2.24) is 14.9 Å². The number of rotatable bonds is 4. The van der Waals surface area contributed by atoms with Crippen LogP contribution in [0.4, 0.5) is 4.39 Å². The fourth-order valence-corrected chi connectivity index (χ4v) is 1.93. The number of aromatic nitrogens is 2. The normalized spacial score (nSPS) is 12.6. The van der Waals surface area contributed by atoms with Gasteiger partial charge in [-0.25, -0.2) is 9.37 Å². The standard InChI is InChI=1S/C13H16FN3/c1-3-16-10(2)12-8-11(14)4-5-13(12)17-7-6-15-9-17/h4-10,16H,3H2,1-2H3. The second kappa shape index (κ2) is 5.10. The predicted molar refractivity (Wildman–Crippen MR) is 65.6 cm³/mol. The Bertz CT molecular complexity index is 479. The Morgan fingerprint density at radius 1 is 1.47 bits per heavy atom. The number of halogens is 1. The predicted octanol–water partition coefficient (Wildman–Crippen LogP) is 2.68. The third-order valence-corrected chi connectivity index (χ3v) is 2.75. The van der Waals surface area contributed by atoms with Crippen LogP contribution in [0.3, 0.4) is 0 Å². The van der Waals surface area contributed by atoms with Crippen molar-refractivity contribution in [3.63, 3.8) is 0 Å². The molecule has 1 unspecified atom stereocenters. The second-order valence-electron chi connectivity index (χ2n) is 3.95. The fraction of sp³-hybridized carbons (Fsp3) is 0.308. The first-order valence-corrected chi connectivity index (χ1v) is 5.73. The van der Waals surface area contributed by atoms with Crippen LogP contribution >= 0.6 is 0 Å². The molecular formula is C13H16FN3. The number of nitrogens with one attached hydrogen (secondary N) is 1. The highest BCUT2D eigenvalue weighted by atomic mass is 19.1. The summed E-state index contributed by atoms with van der Waals surface area (Å²) in [6.45, 7) is 4.91. The van der Waals surface area contributed by atoms with E-state index in [2.05, 4.69) is 10.3 Å². The van der Waals surface area contributed by atoms with E-state index >= 15 is 0 Å². The molecule has 1 N–H and O–H groups in total. The van der Waals surface area contributed by atoms with Crippen LogP contribution in [0.2, 0.25) is 0 Å². The molecule has 0 amide bonds. The maximum Gasteiger partial charge on any atom is 0.123 e. The van der Waals surface area contributed by atoms with Crippen molar-refractivity contribution in [3.05, 3.63) is 48.3 Å². The lowest BCUT2D eigenvalue weighted by molar-refractivity contribution is 0.580. The minimum atomic E-state index is -0.214. The molecular weight excluding hydrogens is 217 g/mol. The molecule has 0 saturated carbocycles. The number of hydrogen-bond donors (Lipinski definition) is 1. The monoisotopic (exact) mass is 233 g/mol. The smallest absolute Gasteiger partial charge is 0.123 e. The molecule has 90 valence electrons. The maximum atomic E-state index is 13.3. The molecule has 0 aliphatic rings. The van der Waals surface area contributed by atoms with Crippen molar-refractivity contribution >= 4 is 0 Å². The largest absolute Gasteiger partial charge is 0.310 e. The molecule has 17 heavy (non-hydrogen) atoms. The summed E-state index contributed by atoms with van der Waals surface area (Å²) in [5.41, 5.74) is 1.89. The van der Waals surface area contributed by atoms with Gasteiger partial charge in [0.25, 0.3) is 0 Å². The highest BCUT2D eigenvalue weighted by molar-refractivity contribution is 5.43. The number of hydrogen-bond acceptors (Lipinski definition) is 2. The highest BCUT2D eigenvalue weighted by Crippen LogP contribution is 2.22. The van der Waals surface area contributed by atoms with Crippen molar-refractivity contribution < 1.29 is 4.39 Å². The number of imidazole rings is 1. The zero-order chi connectivity index (χ0) is 12.3. The first kappa shape index (κ1) is 11.8. The summed E-state index contributed by atoms with van der Waals surface area (Å²) in [5.74, 6) is -0.214. The van der Waals surface area contributed by atoms with Gasteiger partial charge in [0, 0.05) is 18.4 Å². The lowest BCUT2D eigenvalue weighted by atomic mass is 10.1. The van der Waals surface area contributed by atoms with Gasteiger partial charge in [-0.05, 0) is 37.2 Å². The lowest BCUT2D eigenvalue weighted by Crippen LogP contribution is -2.19. The van der Waals surface area contributed by atoms with Crippen molar-refractivity contribution in [3.8, 4) is 5.69 Å². The van der Waals surface area contributed by atoms with Gasteiger partial charge in [-0.15, -0.1) is 0 Å². The van der Waals surface area contributed by atoms with Crippen LogP contribution < -0.4 is 5.32 Å². The minimum Gasteiger partial charge on any atom is -0.310 e. The highest BCUT2D eigenvalue weighted by Gasteiger charge is 2.11. The first-order chi connectivity index (χ1) is 8.22. The van der Waals surface area contributed by atoms with Crippen molar-refractivity contribution in [1.29, 1.82) is 0 Å². The van der Waals surface area contributed by atoms with Crippen LogP contribution in [0.15, 0.2) is 36.9 Å². The summed E-state index contributed by atoms with van der Waals surface area (Å²) in [6.07, 6.45) is 5.29. The van der Waals surface area contributed by atoms with E-state index in [0.29, 0.717) is 0 Å². The molecule has 0 bridgehead atoms. The molecule has 0 spiro atoms. The van der Waals surface area contributed by atoms with Crippen LogP contribution in [-0.2, 0) is 0 Å². The van der Waals surface area contributed by atoms with E-state index in [4.69, 9.17) is 0 Å². The first-order valence-electron chi connectivity index (χ1n) is 5.73. The molecule has 4 heteroatoms. The van der Waals surface area contributed by atoms with E-state index in [9.17, 15) is 4.39 Å². The SMILES string of the molecule is CCNC(C)c1cc(F)ccc1-n1ccnc1. The molecule has 1 heterocycles. The molecule has 1 aromatic heterocycles. The minimum absolute atomic E-state index is 0.105. The van der Waals surface area contributed by atoms with Gasteiger partial charge in [0.05, 0.1) is 12.0 Å². The zero-order valence-electron chi connectivity index (χ0n) is 10.0. The van der Waals surface area contributed by atoms with Gasteiger partial charge in [-0.3, -0.25) is 0 Å². The Labute approximate surface area is 100 Å². The van der Waals surface area contributed by atoms with Gasteiger partial charge in [-0.1, -0.05) is 6.92 Å². The Morgan fingerprint density at radius 2 is 2.29 bits per heavy atom. The van der Waals surface area contributed by atoms with Gasteiger partial charge >= 0.3 is 0 Å². The van der Waals surface area contributed by atoms with Gasteiger partial charge in [-0.2, -0.15) is 0 Å². The molecule has 3 nitrogen and oxygen atoms in total. The van der Waals surface area contributed by atoms with Gasteiger partial charge in [0.2, 0.25) is 0 Å². The molecule has 0 saturated heterocycles. The lowest BCUT2D eigenvalue weighted by Gasteiger charge is -2.17. The maximum absolute atomic E-state index is 13.3. The van der Waals surface area contributed by atoms with Crippen LogP contribution in [0.25, 0.3) is 5.69 Å².